The molecule has 4 atom stereocenters. The molecular weight excluding hydrogens is 224 g/mol. The average Bonchev–Trinajstić information content (AvgIpc) is 2.30. The van der Waals surface area contributed by atoms with Crippen molar-refractivity contribution >= 4 is 5.78 Å². The molecule has 1 aliphatic carbocycles. The van der Waals surface area contributed by atoms with Crippen LogP contribution in [0, 0.1) is 17.8 Å². The fourth-order valence-electron chi connectivity index (χ4n) is 2.95. The number of carbonyl (C=O) groups excluding carboxylic acids is 1. The van der Waals surface area contributed by atoms with Crippen molar-refractivity contribution < 1.29 is 9.90 Å². The third kappa shape index (κ3) is 3.55. The van der Waals surface area contributed by atoms with Gasteiger partial charge in [0.2, 0.25) is 0 Å². The fourth-order valence-corrected chi connectivity index (χ4v) is 2.95. The summed E-state index contributed by atoms with van der Waals surface area (Å²) in [5, 5.41) is 10.00. The summed E-state index contributed by atoms with van der Waals surface area (Å²) in [6.07, 6.45) is 4.09. The van der Waals surface area contributed by atoms with Crippen LogP contribution in [0.2, 0.25) is 0 Å². The van der Waals surface area contributed by atoms with Crippen molar-refractivity contribution in [2.75, 3.05) is 0 Å². The number of aliphatic hydroxyl groups is 1. The predicted octanol–water partition coefficient (Wildman–Crippen LogP) is 3.51. The molecule has 0 aromatic heterocycles. The molecule has 1 N–H and O–H groups in total. The molecule has 0 saturated carbocycles. The number of ketones is 1. The monoisotopic (exact) mass is 250 g/mol. The van der Waals surface area contributed by atoms with Crippen LogP contribution in [0.1, 0.15) is 47.0 Å². The maximum absolute atomic E-state index is 12.1. The SMILES string of the molecule is C=C(C)[C@H](O)C(C)CC1C(=O)C=C(C)C[C@@H]1CC. The standard InChI is InChI=1S/C16H26O2/c1-6-13-7-11(4)8-15(17)14(13)9-12(5)16(18)10(2)3/h8,12-14,16,18H,2,6-7,9H2,1,3-5H3/t12?,13-,14?,16-/m0/s1. The Hall–Kier alpha value is -0.890. The maximum atomic E-state index is 12.1. The average molecular weight is 250 g/mol. The molecule has 0 fully saturated rings. The van der Waals surface area contributed by atoms with E-state index in [1.165, 1.54) is 5.57 Å². The first-order chi connectivity index (χ1) is 8.36. The van der Waals surface area contributed by atoms with Gasteiger partial charge in [-0.15, -0.1) is 0 Å². The second-order valence-electron chi connectivity index (χ2n) is 5.88. The quantitative estimate of drug-likeness (QED) is 0.758. The van der Waals surface area contributed by atoms with Crippen molar-refractivity contribution in [3.8, 4) is 0 Å². The number of aliphatic hydroxyl groups excluding tert-OH is 1. The second-order valence-corrected chi connectivity index (χ2v) is 5.88. The highest BCUT2D eigenvalue weighted by Crippen LogP contribution is 2.35. The van der Waals surface area contributed by atoms with Crippen molar-refractivity contribution in [1.29, 1.82) is 0 Å². The molecule has 1 aliphatic rings. The van der Waals surface area contributed by atoms with E-state index < -0.39 is 6.10 Å². The summed E-state index contributed by atoms with van der Waals surface area (Å²) in [5.74, 6) is 0.841. The molecule has 18 heavy (non-hydrogen) atoms. The molecule has 0 bridgehead atoms. The van der Waals surface area contributed by atoms with Crippen LogP contribution in [-0.2, 0) is 4.79 Å². The lowest BCUT2D eigenvalue weighted by molar-refractivity contribution is -0.121. The summed E-state index contributed by atoms with van der Waals surface area (Å²) in [5.41, 5.74) is 1.97. The first-order valence-electron chi connectivity index (χ1n) is 6.91. The summed E-state index contributed by atoms with van der Waals surface area (Å²) in [7, 11) is 0. The van der Waals surface area contributed by atoms with Gasteiger partial charge in [-0.1, -0.05) is 38.0 Å². The first kappa shape index (κ1) is 15.2. The molecular formula is C16H26O2. The van der Waals surface area contributed by atoms with E-state index in [2.05, 4.69) is 13.5 Å². The fraction of sp³-hybridized carbons (Fsp3) is 0.688. The zero-order valence-electron chi connectivity index (χ0n) is 12.1. The molecule has 0 aliphatic heterocycles. The van der Waals surface area contributed by atoms with E-state index in [9.17, 15) is 9.90 Å². The third-order valence-electron chi connectivity index (χ3n) is 4.10. The zero-order chi connectivity index (χ0) is 13.9. The van der Waals surface area contributed by atoms with Gasteiger partial charge in [0.05, 0.1) is 6.10 Å². The largest absolute Gasteiger partial charge is 0.389 e. The number of allylic oxidation sites excluding steroid dienone is 2. The van der Waals surface area contributed by atoms with E-state index in [0.717, 1.165) is 24.8 Å². The summed E-state index contributed by atoms with van der Waals surface area (Å²) < 4.78 is 0. The van der Waals surface area contributed by atoms with Crippen LogP contribution < -0.4 is 0 Å². The van der Waals surface area contributed by atoms with Gasteiger partial charge >= 0.3 is 0 Å². The van der Waals surface area contributed by atoms with Crippen LogP contribution >= 0.6 is 0 Å². The summed E-state index contributed by atoms with van der Waals surface area (Å²) in [6, 6.07) is 0. The highest BCUT2D eigenvalue weighted by atomic mass is 16.3. The molecule has 0 aromatic carbocycles. The minimum Gasteiger partial charge on any atom is -0.389 e. The molecule has 0 heterocycles. The van der Waals surface area contributed by atoms with Gasteiger partial charge < -0.3 is 5.11 Å². The smallest absolute Gasteiger partial charge is 0.159 e. The third-order valence-corrected chi connectivity index (χ3v) is 4.10. The molecule has 1 rings (SSSR count). The minimum atomic E-state index is -0.498. The van der Waals surface area contributed by atoms with Crippen LogP contribution in [0.4, 0.5) is 0 Å². The molecule has 0 aromatic rings. The predicted molar refractivity (Wildman–Crippen MR) is 75.3 cm³/mol. The lowest BCUT2D eigenvalue weighted by Gasteiger charge is -2.32. The molecule has 2 heteroatoms. The molecule has 0 saturated heterocycles. The number of carbonyl (C=O) groups is 1. The van der Waals surface area contributed by atoms with Crippen LogP contribution in [0.15, 0.2) is 23.8 Å². The lowest BCUT2D eigenvalue weighted by Crippen LogP contribution is -2.31. The van der Waals surface area contributed by atoms with Gasteiger partial charge in [-0.2, -0.15) is 0 Å². The number of hydrogen-bond acceptors (Lipinski definition) is 2. The van der Waals surface area contributed by atoms with E-state index in [1.807, 2.05) is 20.8 Å². The van der Waals surface area contributed by atoms with Gasteiger partial charge in [0.25, 0.3) is 0 Å². The van der Waals surface area contributed by atoms with Crippen LogP contribution in [0.25, 0.3) is 0 Å². The van der Waals surface area contributed by atoms with Crippen molar-refractivity contribution in [1.82, 2.24) is 0 Å². The zero-order valence-corrected chi connectivity index (χ0v) is 12.1. The highest BCUT2D eigenvalue weighted by molar-refractivity contribution is 5.93. The maximum Gasteiger partial charge on any atom is 0.159 e. The van der Waals surface area contributed by atoms with Gasteiger partial charge in [-0.25, -0.2) is 0 Å². The van der Waals surface area contributed by atoms with Crippen LogP contribution in [0.3, 0.4) is 0 Å². The van der Waals surface area contributed by atoms with E-state index in [4.69, 9.17) is 0 Å². The van der Waals surface area contributed by atoms with E-state index in [1.54, 1.807) is 6.08 Å². The number of rotatable bonds is 5. The first-order valence-corrected chi connectivity index (χ1v) is 6.91. The van der Waals surface area contributed by atoms with Crippen molar-refractivity contribution in [3.63, 3.8) is 0 Å². The van der Waals surface area contributed by atoms with Crippen molar-refractivity contribution in [3.05, 3.63) is 23.8 Å². The molecule has 0 amide bonds. The van der Waals surface area contributed by atoms with Crippen molar-refractivity contribution in [2.45, 2.75) is 53.1 Å². The Morgan fingerprint density at radius 2 is 2.22 bits per heavy atom. The Bertz CT molecular complexity index is 354. The van der Waals surface area contributed by atoms with E-state index in [-0.39, 0.29) is 17.6 Å². The van der Waals surface area contributed by atoms with Crippen LogP contribution in [-0.4, -0.2) is 17.0 Å². The summed E-state index contributed by atoms with van der Waals surface area (Å²) in [4.78, 5) is 12.1. The van der Waals surface area contributed by atoms with Gasteiger partial charge in [-0.3, -0.25) is 4.79 Å². The lowest BCUT2D eigenvalue weighted by atomic mass is 9.73. The molecule has 2 unspecified atom stereocenters. The highest BCUT2D eigenvalue weighted by Gasteiger charge is 2.32. The van der Waals surface area contributed by atoms with Gasteiger partial charge in [-0.05, 0) is 44.6 Å². The molecule has 0 radical (unpaired) electrons. The summed E-state index contributed by atoms with van der Waals surface area (Å²) >= 11 is 0. The molecule has 2 nitrogen and oxygen atoms in total. The Morgan fingerprint density at radius 3 is 2.72 bits per heavy atom. The Morgan fingerprint density at radius 1 is 1.61 bits per heavy atom. The normalized spacial score (nSPS) is 27.6. The van der Waals surface area contributed by atoms with E-state index in [0.29, 0.717) is 5.92 Å². The Labute approximate surface area is 111 Å². The topological polar surface area (TPSA) is 37.3 Å². The van der Waals surface area contributed by atoms with E-state index >= 15 is 0 Å². The Kier molecular flexibility index (Phi) is 5.33. The van der Waals surface area contributed by atoms with Gasteiger partial charge in [0.15, 0.2) is 5.78 Å². The number of hydrogen-bond donors (Lipinski definition) is 1. The summed E-state index contributed by atoms with van der Waals surface area (Å²) in [6.45, 7) is 11.8. The van der Waals surface area contributed by atoms with Gasteiger partial charge in [0, 0.05) is 5.92 Å². The van der Waals surface area contributed by atoms with Crippen LogP contribution in [0.5, 0.6) is 0 Å². The van der Waals surface area contributed by atoms with Crippen molar-refractivity contribution in [2.24, 2.45) is 17.8 Å². The molecule has 0 spiro atoms. The second kappa shape index (κ2) is 6.33. The molecule has 102 valence electrons. The Balaban J connectivity index is 2.75. The van der Waals surface area contributed by atoms with Gasteiger partial charge in [0.1, 0.15) is 0 Å². The minimum absolute atomic E-state index is 0.0719.